The predicted molar refractivity (Wildman–Crippen MR) is 81.1 cm³/mol. The molecule has 0 amide bonds. The Hall–Kier alpha value is -1.26. The normalized spacial score (nSPS) is 10.5. The fraction of sp³-hybridized carbons (Fsp3) is 0.286. The summed E-state index contributed by atoms with van der Waals surface area (Å²) in [5.41, 5.74) is 1.21. The first-order valence-electron chi connectivity index (χ1n) is 6.20. The minimum Gasteiger partial charge on any atom is -0.354 e. The van der Waals surface area contributed by atoms with Crippen LogP contribution in [-0.2, 0) is 0 Å². The molecule has 100 valence electrons. The third-order valence-electron chi connectivity index (χ3n) is 2.55. The van der Waals surface area contributed by atoms with Crippen LogP contribution in [0.4, 0.5) is 5.95 Å². The van der Waals surface area contributed by atoms with Crippen LogP contribution in [0, 0.1) is 6.92 Å². The van der Waals surface area contributed by atoms with Crippen molar-refractivity contribution in [3.8, 4) is 0 Å². The molecule has 0 spiro atoms. The number of aryl methyl sites for hydroxylation is 1. The van der Waals surface area contributed by atoms with Crippen molar-refractivity contribution in [2.24, 2.45) is 0 Å². The maximum atomic E-state index is 6.16. The van der Waals surface area contributed by atoms with Crippen molar-refractivity contribution in [3.05, 3.63) is 41.0 Å². The van der Waals surface area contributed by atoms with E-state index in [1.807, 2.05) is 12.1 Å². The zero-order valence-corrected chi connectivity index (χ0v) is 12.6. The second kappa shape index (κ2) is 6.78. The minimum atomic E-state index is 0.579. The molecular formula is C14H16ClN3S. The number of anilines is 1. The van der Waals surface area contributed by atoms with E-state index < -0.39 is 0 Å². The first-order valence-corrected chi connectivity index (χ1v) is 7.40. The van der Waals surface area contributed by atoms with Crippen molar-refractivity contribution < 1.29 is 0 Å². The molecule has 0 bridgehead atoms. The molecule has 0 fully saturated rings. The molecule has 19 heavy (non-hydrogen) atoms. The summed E-state index contributed by atoms with van der Waals surface area (Å²) in [7, 11) is 0. The van der Waals surface area contributed by atoms with Gasteiger partial charge < -0.3 is 5.32 Å². The lowest BCUT2D eigenvalue weighted by Gasteiger charge is -2.08. The summed E-state index contributed by atoms with van der Waals surface area (Å²) in [4.78, 5) is 9.78. The topological polar surface area (TPSA) is 37.8 Å². The van der Waals surface area contributed by atoms with Crippen LogP contribution >= 0.6 is 23.4 Å². The summed E-state index contributed by atoms with van der Waals surface area (Å²) in [5.74, 6) is 0.627. The smallest absolute Gasteiger partial charge is 0.223 e. The monoisotopic (exact) mass is 293 g/mol. The number of nitrogens with one attached hydrogen (secondary N) is 1. The predicted octanol–water partition coefficient (Wildman–Crippen LogP) is 4.41. The fourth-order valence-electron chi connectivity index (χ4n) is 1.52. The second-order valence-corrected chi connectivity index (χ2v) is 5.58. The van der Waals surface area contributed by atoms with Crippen LogP contribution in [-0.4, -0.2) is 16.5 Å². The van der Waals surface area contributed by atoms with E-state index in [1.165, 1.54) is 5.56 Å². The van der Waals surface area contributed by atoms with Crippen LogP contribution in [0.5, 0.6) is 0 Å². The summed E-state index contributed by atoms with van der Waals surface area (Å²) < 4.78 is 0. The Balaban J connectivity index is 2.21. The Labute approximate surface area is 122 Å². The van der Waals surface area contributed by atoms with Gasteiger partial charge in [0.2, 0.25) is 5.95 Å². The van der Waals surface area contributed by atoms with Crippen LogP contribution in [0.25, 0.3) is 0 Å². The number of rotatable bonds is 5. The van der Waals surface area contributed by atoms with E-state index in [1.54, 1.807) is 18.0 Å². The van der Waals surface area contributed by atoms with Gasteiger partial charge >= 0.3 is 0 Å². The Bertz CT molecular complexity index is 560. The van der Waals surface area contributed by atoms with Crippen LogP contribution in [0.15, 0.2) is 40.4 Å². The molecule has 0 atom stereocenters. The number of hydrogen-bond donors (Lipinski definition) is 1. The molecular weight excluding hydrogens is 278 g/mol. The summed E-state index contributed by atoms with van der Waals surface area (Å²) in [5, 5.41) is 4.53. The molecule has 0 aliphatic carbocycles. The number of benzene rings is 1. The molecule has 5 heteroatoms. The quantitative estimate of drug-likeness (QED) is 0.829. The van der Waals surface area contributed by atoms with E-state index in [9.17, 15) is 0 Å². The molecule has 0 radical (unpaired) electrons. The average Bonchev–Trinajstić information content (AvgIpc) is 2.42. The number of halogens is 1. The standard InChI is InChI=1S/C14H16ClN3S/c1-3-8-16-14-17-9-11(15)13(18-14)19-12-7-5-4-6-10(12)2/h4-7,9H,3,8H2,1-2H3,(H,16,17,18). The Morgan fingerprint density at radius 3 is 2.84 bits per heavy atom. The van der Waals surface area contributed by atoms with E-state index >= 15 is 0 Å². The molecule has 3 nitrogen and oxygen atoms in total. The Morgan fingerprint density at radius 2 is 2.11 bits per heavy atom. The van der Waals surface area contributed by atoms with Gasteiger partial charge in [-0.1, -0.05) is 48.5 Å². The Kier molecular flexibility index (Phi) is 5.05. The van der Waals surface area contributed by atoms with E-state index in [2.05, 4.69) is 41.3 Å². The van der Waals surface area contributed by atoms with E-state index in [4.69, 9.17) is 11.6 Å². The summed E-state index contributed by atoms with van der Waals surface area (Å²) in [6.07, 6.45) is 2.68. The largest absolute Gasteiger partial charge is 0.354 e. The number of nitrogens with zero attached hydrogens (tertiary/aromatic N) is 2. The zero-order valence-electron chi connectivity index (χ0n) is 11.0. The number of hydrogen-bond acceptors (Lipinski definition) is 4. The van der Waals surface area contributed by atoms with Crippen LogP contribution in [0.1, 0.15) is 18.9 Å². The van der Waals surface area contributed by atoms with Crippen molar-refractivity contribution in [1.29, 1.82) is 0 Å². The highest BCUT2D eigenvalue weighted by molar-refractivity contribution is 7.99. The maximum Gasteiger partial charge on any atom is 0.223 e. The maximum absolute atomic E-state index is 6.16. The van der Waals surface area contributed by atoms with Gasteiger partial charge in [0.05, 0.1) is 11.2 Å². The van der Waals surface area contributed by atoms with Crippen molar-refractivity contribution in [1.82, 2.24) is 9.97 Å². The van der Waals surface area contributed by atoms with Gasteiger partial charge in [-0.25, -0.2) is 9.97 Å². The summed E-state index contributed by atoms with van der Waals surface area (Å²) >= 11 is 7.72. The third kappa shape index (κ3) is 3.85. The molecule has 1 aromatic heterocycles. The molecule has 2 aromatic rings. The highest BCUT2D eigenvalue weighted by Crippen LogP contribution is 2.33. The molecule has 0 aliphatic heterocycles. The van der Waals surface area contributed by atoms with Crippen molar-refractivity contribution in [3.63, 3.8) is 0 Å². The first-order chi connectivity index (χ1) is 9.20. The van der Waals surface area contributed by atoms with Crippen molar-refractivity contribution in [2.45, 2.75) is 30.2 Å². The molecule has 2 rings (SSSR count). The summed E-state index contributed by atoms with van der Waals surface area (Å²) in [6, 6.07) is 8.18. The van der Waals surface area contributed by atoms with Gasteiger partial charge in [-0.3, -0.25) is 0 Å². The SMILES string of the molecule is CCCNc1ncc(Cl)c(Sc2ccccc2C)n1. The van der Waals surface area contributed by atoms with Crippen molar-refractivity contribution >= 4 is 29.3 Å². The van der Waals surface area contributed by atoms with Gasteiger partial charge in [-0.15, -0.1) is 0 Å². The second-order valence-electron chi connectivity index (χ2n) is 4.14. The van der Waals surface area contributed by atoms with Gasteiger partial charge in [0.15, 0.2) is 0 Å². The van der Waals surface area contributed by atoms with E-state index in [0.717, 1.165) is 22.9 Å². The molecule has 1 aromatic carbocycles. The van der Waals surface area contributed by atoms with Gasteiger partial charge in [0, 0.05) is 11.4 Å². The molecule has 1 N–H and O–H groups in total. The van der Waals surface area contributed by atoms with E-state index in [-0.39, 0.29) is 0 Å². The molecule has 0 unspecified atom stereocenters. The third-order valence-corrected chi connectivity index (χ3v) is 4.12. The van der Waals surface area contributed by atoms with Crippen molar-refractivity contribution in [2.75, 3.05) is 11.9 Å². The highest BCUT2D eigenvalue weighted by Gasteiger charge is 2.08. The minimum absolute atomic E-state index is 0.579. The zero-order chi connectivity index (χ0) is 13.7. The first kappa shape index (κ1) is 14.2. The van der Waals surface area contributed by atoms with Gasteiger partial charge in [-0.05, 0) is 25.0 Å². The number of aromatic nitrogens is 2. The summed E-state index contributed by atoms with van der Waals surface area (Å²) in [6.45, 7) is 5.04. The van der Waals surface area contributed by atoms with Crippen LogP contribution in [0.3, 0.4) is 0 Å². The lowest BCUT2D eigenvalue weighted by molar-refractivity contribution is 0.935. The lowest BCUT2D eigenvalue weighted by Crippen LogP contribution is -2.04. The highest BCUT2D eigenvalue weighted by atomic mass is 35.5. The lowest BCUT2D eigenvalue weighted by atomic mass is 10.2. The van der Waals surface area contributed by atoms with Crippen LogP contribution < -0.4 is 5.32 Å². The van der Waals surface area contributed by atoms with E-state index in [0.29, 0.717) is 11.0 Å². The molecule has 0 saturated carbocycles. The van der Waals surface area contributed by atoms with Gasteiger partial charge in [0.25, 0.3) is 0 Å². The van der Waals surface area contributed by atoms with Gasteiger partial charge in [0.1, 0.15) is 5.03 Å². The molecule has 1 heterocycles. The molecule has 0 saturated heterocycles. The fourth-order valence-corrected chi connectivity index (χ4v) is 2.59. The van der Waals surface area contributed by atoms with Gasteiger partial charge in [-0.2, -0.15) is 0 Å². The average molecular weight is 294 g/mol. The van der Waals surface area contributed by atoms with Crippen LogP contribution in [0.2, 0.25) is 5.02 Å². The Morgan fingerprint density at radius 1 is 1.32 bits per heavy atom. The molecule has 0 aliphatic rings.